The van der Waals surface area contributed by atoms with E-state index in [9.17, 15) is 19.6 Å². The summed E-state index contributed by atoms with van der Waals surface area (Å²) in [7, 11) is -2.70. The fraction of sp³-hybridized carbons (Fsp3) is 0.571. The van der Waals surface area contributed by atoms with Gasteiger partial charge in [-0.15, -0.1) is 0 Å². The maximum Gasteiger partial charge on any atom is 0.292 e. The van der Waals surface area contributed by atoms with Crippen LogP contribution in [0.3, 0.4) is 0 Å². The third-order valence-electron chi connectivity index (χ3n) is 3.41. The number of ether oxygens (including phenoxy) is 1. The van der Waals surface area contributed by atoms with Gasteiger partial charge in [-0.2, -0.15) is 4.57 Å². The molecule has 0 bridgehead atoms. The van der Waals surface area contributed by atoms with Gasteiger partial charge in [-0.3, -0.25) is 9.36 Å². The Balaban J connectivity index is 2.14. The number of aliphatic hydroxyl groups excluding tert-OH is 2. The van der Waals surface area contributed by atoms with Gasteiger partial charge in [0, 0.05) is 19.4 Å². The van der Waals surface area contributed by atoms with E-state index < -0.39 is 31.9 Å². The van der Waals surface area contributed by atoms with Crippen molar-refractivity contribution >= 4 is 13.2 Å². The Bertz CT molecular complexity index is 601. The highest BCUT2D eigenvalue weighted by Crippen LogP contribution is 2.38. The zero-order valence-corrected chi connectivity index (χ0v) is 13.6. The molecule has 0 spiro atoms. The number of carbonyl (C=O) groups is 1. The normalized spacial score (nSPS) is 28.8. The molecule has 22 heavy (non-hydrogen) atoms. The molecule has 1 saturated heterocycles. The highest BCUT2D eigenvalue weighted by Gasteiger charge is 2.48. The van der Waals surface area contributed by atoms with Crippen molar-refractivity contribution in [3.05, 3.63) is 30.1 Å². The van der Waals surface area contributed by atoms with Crippen molar-refractivity contribution in [2.24, 2.45) is 0 Å². The topological polar surface area (TPSA) is 96.9 Å². The van der Waals surface area contributed by atoms with Crippen molar-refractivity contribution in [3.63, 3.8) is 0 Å². The summed E-state index contributed by atoms with van der Waals surface area (Å²) in [5.41, 5.74) is 0.471. The number of aliphatic hydroxyl groups is 2. The molecule has 2 N–H and O–H groups in total. The van der Waals surface area contributed by atoms with E-state index >= 15 is 0 Å². The van der Waals surface area contributed by atoms with Crippen LogP contribution in [0.2, 0.25) is 0 Å². The maximum absolute atomic E-state index is 11.6. The summed E-state index contributed by atoms with van der Waals surface area (Å²) in [6, 6.07) is 3.32. The largest absolute Gasteiger partial charge is 0.387 e. The monoisotopic (exact) mass is 330 g/mol. The Morgan fingerprint density at radius 1 is 1.41 bits per heavy atom. The summed E-state index contributed by atoms with van der Waals surface area (Å²) in [5, 5.41) is 20.2. The number of hydrogen-bond acceptors (Lipinski definition) is 6. The van der Waals surface area contributed by atoms with Crippen LogP contribution in [0.15, 0.2) is 24.5 Å². The van der Waals surface area contributed by atoms with Crippen molar-refractivity contribution < 1.29 is 33.4 Å². The molecule has 1 aliphatic heterocycles. The Morgan fingerprint density at radius 3 is 2.68 bits per heavy atom. The lowest BCUT2D eigenvalue weighted by Crippen LogP contribution is -2.46. The quantitative estimate of drug-likeness (QED) is 0.459. The van der Waals surface area contributed by atoms with Crippen LogP contribution in [0.5, 0.6) is 0 Å². The lowest BCUT2D eigenvalue weighted by atomic mass is 10.1. The van der Waals surface area contributed by atoms with Gasteiger partial charge in [0.25, 0.3) is 6.23 Å². The molecule has 122 valence electrons. The molecule has 2 rings (SSSR count). The number of aromatic nitrogens is 1. The molecule has 1 aliphatic rings. The van der Waals surface area contributed by atoms with E-state index in [1.807, 2.05) is 0 Å². The molecule has 8 heteroatoms. The van der Waals surface area contributed by atoms with E-state index in [0.29, 0.717) is 5.56 Å². The van der Waals surface area contributed by atoms with E-state index in [1.165, 1.54) is 24.8 Å². The molecule has 0 aliphatic carbocycles. The predicted molar refractivity (Wildman–Crippen MR) is 78.0 cm³/mol. The second-order valence-electron chi connectivity index (χ2n) is 5.69. The molecule has 1 aromatic rings. The predicted octanol–water partition coefficient (Wildman–Crippen LogP) is 0.350. The van der Waals surface area contributed by atoms with E-state index in [-0.39, 0.29) is 12.4 Å². The summed E-state index contributed by atoms with van der Waals surface area (Å²) in [5.74, 6) is -0.111. The lowest BCUT2D eigenvalue weighted by molar-refractivity contribution is -0.765. The maximum atomic E-state index is 11.6. The minimum Gasteiger partial charge on any atom is -0.387 e. The second kappa shape index (κ2) is 6.56. The summed E-state index contributed by atoms with van der Waals surface area (Å²) in [6.07, 6.45) is -0.769. The molecule has 0 aromatic carbocycles. The Hall–Kier alpha value is -1.11. The third-order valence-corrected chi connectivity index (χ3v) is 4.18. The Kier molecular flexibility index (Phi) is 5.14. The standard InChI is InChI=1S/C14H21NO6P/c1-9(16)10-5-4-6-15(7-10)14-13(18)12(17)11(21-14)8-20-22(2,3)19/h4-7,11-14,17-18H,8H2,1-3H3/q+1. The molecule has 0 saturated carbocycles. The fourth-order valence-corrected chi connectivity index (χ4v) is 2.73. The smallest absolute Gasteiger partial charge is 0.292 e. The van der Waals surface area contributed by atoms with Gasteiger partial charge in [0.05, 0.1) is 12.2 Å². The van der Waals surface area contributed by atoms with E-state index in [0.717, 1.165) is 0 Å². The number of Topliss-reactive ketones (excluding diaryl/α,β-unsaturated/α-hetero) is 1. The van der Waals surface area contributed by atoms with Gasteiger partial charge >= 0.3 is 0 Å². The van der Waals surface area contributed by atoms with Gasteiger partial charge in [-0.25, -0.2) is 0 Å². The molecular weight excluding hydrogens is 309 g/mol. The SMILES string of the molecule is CC(=O)c1ccc[n+](C2OC(COP(C)(C)=O)C(O)C2O)c1. The zero-order valence-electron chi connectivity index (χ0n) is 12.7. The average molecular weight is 330 g/mol. The van der Waals surface area contributed by atoms with Gasteiger partial charge in [0.1, 0.15) is 12.2 Å². The zero-order chi connectivity index (χ0) is 16.5. The fourth-order valence-electron chi connectivity index (χ4n) is 2.23. The molecular formula is C14H21NO6P+. The van der Waals surface area contributed by atoms with Crippen LogP contribution in [0.25, 0.3) is 0 Å². The first kappa shape index (κ1) is 17.2. The van der Waals surface area contributed by atoms with Gasteiger partial charge in [0.15, 0.2) is 31.6 Å². The molecule has 1 aromatic heterocycles. The molecule has 0 radical (unpaired) electrons. The Labute approximate surface area is 128 Å². The Morgan fingerprint density at radius 2 is 2.09 bits per heavy atom. The van der Waals surface area contributed by atoms with E-state index in [4.69, 9.17) is 9.26 Å². The summed E-state index contributed by atoms with van der Waals surface area (Å²) in [4.78, 5) is 11.4. The molecule has 1 fully saturated rings. The van der Waals surface area contributed by atoms with Gasteiger partial charge in [-0.05, 0) is 13.0 Å². The van der Waals surface area contributed by atoms with Crippen LogP contribution in [0, 0.1) is 0 Å². The number of pyridine rings is 1. The minimum atomic E-state index is -2.70. The van der Waals surface area contributed by atoms with Crippen LogP contribution in [-0.4, -0.2) is 54.2 Å². The molecule has 4 unspecified atom stereocenters. The highest BCUT2D eigenvalue weighted by molar-refractivity contribution is 7.57. The van der Waals surface area contributed by atoms with E-state index in [2.05, 4.69) is 0 Å². The summed E-state index contributed by atoms with van der Waals surface area (Å²) in [6.45, 7) is 4.30. The number of carbonyl (C=O) groups excluding carboxylic acids is 1. The van der Waals surface area contributed by atoms with E-state index in [1.54, 1.807) is 24.5 Å². The van der Waals surface area contributed by atoms with Crippen molar-refractivity contribution in [3.8, 4) is 0 Å². The lowest BCUT2D eigenvalue weighted by Gasteiger charge is -2.15. The highest BCUT2D eigenvalue weighted by atomic mass is 31.2. The minimum absolute atomic E-state index is 0.0774. The van der Waals surface area contributed by atoms with Crippen LogP contribution in [0.1, 0.15) is 23.5 Å². The van der Waals surface area contributed by atoms with Crippen molar-refractivity contribution in [1.29, 1.82) is 0 Å². The number of nitrogens with zero attached hydrogens (tertiary/aromatic N) is 1. The third kappa shape index (κ3) is 4.00. The molecule has 2 heterocycles. The summed E-state index contributed by atoms with van der Waals surface area (Å²) >= 11 is 0. The first-order valence-corrected chi connectivity index (χ1v) is 9.44. The van der Waals surface area contributed by atoms with Gasteiger partial charge in [-0.1, -0.05) is 0 Å². The molecule has 0 amide bonds. The van der Waals surface area contributed by atoms with Crippen LogP contribution < -0.4 is 4.57 Å². The molecule has 7 nitrogen and oxygen atoms in total. The first-order valence-electron chi connectivity index (χ1n) is 6.92. The number of rotatable bonds is 5. The summed E-state index contributed by atoms with van der Waals surface area (Å²) < 4.78 is 23.9. The van der Waals surface area contributed by atoms with Crippen molar-refractivity contribution in [2.45, 2.75) is 31.5 Å². The van der Waals surface area contributed by atoms with Gasteiger partial charge < -0.3 is 19.5 Å². The van der Waals surface area contributed by atoms with Crippen LogP contribution in [-0.2, 0) is 13.8 Å². The van der Waals surface area contributed by atoms with Crippen LogP contribution >= 0.6 is 7.37 Å². The van der Waals surface area contributed by atoms with Crippen molar-refractivity contribution in [1.82, 2.24) is 0 Å². The van der Waals surface area contributed by atoms with Gasteiger partial charge in [0.2, 0.25) is 0 Å². The molecule has 4 atom stereocenters. The van der Waals surface area contributed by atoms with Crippen LogP contribution in [0.4, 0.5) is 0 Å². The number of hydrogen-bond donors (Lipinski definition) is 2. The number of ketones is 1. The second-order valence-corrected chi connectivity index (χ2v) is 8.45. The van der Waals surface area contributed by atoms with Crippen molar-refractivity contribution in [2.75, 3.05) is 19.9 Å². The first-order chi connectivity index (χ1) is 10.2. The average Bonchev–Trinajstić information content (AvgIpc) is 2.72.